The summed E-state index contributed by atoms with van der Waals surface area (Å²) in [5.74, 6) is -0.230. The van der Waals surface area contributed by atoms with Gasteiger partial charge in [0.1, 0.15) is 6.29 Å². The molecule has 1 aromatic carbocycles. The van der Waals surface area contributed by atoms with Gasteiger partial charge in [-0.25, -0.2) is 0 Å². The predicted octanol–water partition coefficient (Wildman–Crippen LogP) is 0.896. The minimum Gasteiger partial charge on any atom is -0.345 e. The van der Waals surface area contributed by atoms with Gasteiger partial charge in [0.25, 0.3) is 0 Å². The van der Waals surface area contributed by atoms with Crippen LogP contribution < -0.4 is 11.1 Å². The Morgan fingerprint density at radius 3 is 2.44 bits per heavy atom. The van der Waals surface area contributed by atoms with E-state index in [1.54, 1.807) is 0 Å². The molecule has 4 nitrogen and oxygen atoms in total. The monoisotopic (exact) mass is 248 g/mol. The van der Waals surface area contributed by atoms with Crippen molar-refractivity contribution in [3.63, 3.8) is 0 Å². The minimum atomic E-state index is -0.580. The van der Waals surface area contributed by atoms with E-state index in [9.17, 15) is 9.59 Å². The number of carbonyl (C=O) groups is 2. The Bertz CT molecular complexity index is 390. The Hall–Kier alpha value is -1.68. The third-order valence-electron chi connectivity index (χ3n) is 2.81. The smallest absolute Gasteiger partial charge is 0.237 e. The van der Waals surface area contributed by atoms with Crippen LogP contribution in [-0.2, 0) is 16.0 Å². The maximum Gasteiger partial charge on any atom is 0.237 e. The summed E-state index contributed by atoms with van der Waals surface area (Å²) >= 11 is 0. The lowest BCUT2D eigenvalue weighted by Crippen LogP contribution is -2.49. The number of amides is 1. The standard InChI is InChI=1S/C14H20N2O2/c1-10(2)13(15)14(18)16-12(9-17)8-11-6-4-3-5-7-11/h3-7,9-10,12-13H,8,15H2,1-2H3,(H,16,18)/t12-,13-/m0/s1. The van der Waals surface area contributed by atoms with Crippen molar-refractivity contribution in [3.05, 3.63) is 35.9 Å². The molecule has 0 fully saturated rings. The SMILES string of the molecule is CC(C)[C@H](N)C(=O)N[C@H](C=O)Cc1ccccc1. The van der Waals surface area contributed by atoms with E-state index in [0.29, 0.717) is 6.42 Å². The van der Waals surface area contributed by atoms with Gasteiger partial charge >= 0.3 is 0 Å². The van der Waals surface area contributed by atoms with Crippen molar-refractivity contribution >= 4 is 12.2 Å². The first-order valence-corrected chi connectivity index (χ1v) is 6.09. The van der Waals surface area contributed by atoms with E-state index in [-0.39, 0.29) is 11.8 Å². The quantitative estimate of drug-likeness (QED) is 0.735. The van der Waals surface area contributed by atoms with Gasteiger partial charge in [-0.15, -0.1) is 0 Å². The number of hydrogen-bond acceptors (Lipinski definition) is 3. The van der Waals surface area contributed by atoms with Crippen LogP contribution in [0.15, 0.2) is 30.3 Å². The molecule has 0 unspecified atom stereocenters. The molecular weight excluding hydrogens is 228 g/mol. The molecule has 18 heavy (non-hydrogen) atoms. The number of aldehydes is 1. The van der Waals surface area contributed by atoms with Gasteiger partial charge in [0, 0.05) is 0 Å². The van der Waals surface area contributed by atoms with Crippen LogP contribution in [0.3, 0.4) is 0 Å². The van der Waals surface area contributed by atoms with Gasteiger partial charge in [-0.05, 0) is 17.9 Å². The summed E-state index contributed by atoms with van der Waals surface area (Å²) in [6.45, 7) is 3.74. The molecule has 1 amide bonds. The molecular formula is C14H20N2O2. The van der Waals surface area contributed by atoms with Crippen molar-refractivity contribution in [3.8, 4) is 0 Å². The summed E-state index contributed by atoms with van der Waals surface area (Å²) in [6, 6.07) is 8.45. The van der Waals surface area contributed by atoms with Crippen molar-refractivity contribution in [1.29, 1.82) is 0 Å². The highest BCUT2D eigenvalue weighted by Gasteiger charge is 2.20. The largest absolute Gasteiger partial charge is 0.345 e. The zero-order chi connectivity index (χ0) is 13.5. The molecule has 0 heterocycles. The zero-order valence-corrected chi connectivity index (χ0v) is 10.8. The van der Waals surface area contributed by atoms with Crippen LogP contribution in [-0.4, -0.2) is 24.3 Å². The van der Waals surface area contributed by atoms with Gasteiger partial charge in [0.2, 0.25) is 5.91 Å². The first-order chi connectivity index (χ1) is 8.54. The van der Waals surface area contributed by atoms with Gasteiger partial charge < -0.3 is 15.8 Å². The first-order valence-electron chi connectivity index (χ1n) is 6.09. The molecule has 0 aliphatic rings. The fraction of sp³-hybridized carbons (Fsp3) is 0.429. The van der Waals surface area contributed by atoms with Crippen LogP contribution in [0.2, 0.25) is 0 Å². The molecule has 0 aliphatic heterocycles. The lowest BCUT2D eigenvalue weighted by atomic mass is 10.0. The summed E-state index contributed by atoms with van der Waals surface area (Å²) in [5, 5.41) is 2.66. The van der Waals surface area contributed by atoms with Crippen LogP contribution in [0.5, 0.6) is 0 Å². The summed E-state index contributed by atoms with van der Waals surface area (Å²) in [5.41, 5.74) is 6.74. The molecule has 0 aliphatic carbocycles. The van der Waals surface area contributed by atoms with Gasteiger partial charge in [-0.1, -0.05) is 44.2 Å². The number of nitrogens with two attached hydrogens (primary N) is 1. The van der Waals surface area contributed by atoms with E-state index in [4.69, 9.17) is 5.73 Å². The molecule has 0 spiro atoms. The van der Waals surface area contributed by atoms with E-state index in [0.717, 1.165) is 11.8 Å². The van der Waals surface area contributed by atoms with Gasteiger partial charge in [-0.3, -0.25) is 4.79 Å². The molecule has 4 heteroatoms. The third kappa shape index (κ3) is 4.30. The highest BCUT2D eigenvalue weighted by atomic mass is 16.2. The fourth-order valence-electron chi connectivity index (χ4n) is 1.58. The van der Waals surface area contributed by atoms with Crippen molar-refractivity contribution in [1.82, 2.24) is 5.32 Å². The van der Waals surface area contributed by atoms with Crippen LogP contribution in [0.4, 0.5) is 0 Å². The van der Waals surface area contributed by atoms with Crippen LogP contribution in [0.1, 0.15) is 19.4 Å². The Kier molecular flexibility index (Phi) is 5.52. The van der Waals surface area contributed by atoms with E-state index < -0.39 is 12.1 Å². The lowest BCUT2D eigenvalue weighted by Gasteiger charge is -2.19. The van der Waals surface area contributed by atoms with Crippen LogP contribution >= 0.6 is 0 Å². The number of benzene rings is 1. The lowest BCUT2D eigenvalue weighted by molar-refractivity contribution is -0.125. The Labute approximate surface area is 108 Å². The van der Waals surface area contributed by atoms with E-state index in [1.165, 1.54) is 0 Å². The van der Waals surface area contributed by atoms with Crippen molar-refractivity contribution < 1.29 is 9.59 Å². The third-order valence-corrected chi connectivity index (χ3v) is 2.81. The summed E-state index contributed by atoms with van der Waals surface area (Å²) < 4.78 is 0. The minimum absolute atomic E-state index is 0.0500. The second kappa shape index (κ2) is 6.91. The second-order valence-corrected chi connectivity index (χ2v) is 4.71. The second-order valence-electron chi connectivity index (χ2n) is 4.71. The molecule has 2 atom stereocenters. The zero-order valence-electron chi connectivity index (χ0n) is 10.8. The average Bonchev–Trinajstić information content (AvgIpc) is 2.37. The maximum atomic E-state index is 11.7. The van der Waals surface area contributed by atoms with Crippen molar-refractivity contribution in [2.45, 2.75) is 32.4 Å². The maximum absolute atomic E-state index is 11.7. The summed E-state index contributed by atoms with van der Waals surface area (Å²) in [7, 11) is 0. The van der Waals surface area contributed by atoms with Crippen molar-refractivity contribution in [2.24, 2.45) is 11.7 Å². The first kappa shape index (κ1) is 14.4. The fourth-order valence-corrected chi connectivity index (χ4v) is 1.58. The average molecular weight is 248 g/mol. The topological polar surface area (TPSA) is 72.2 Å². The predicted molar refractivity (Wildman–Crippen MR) is 71.0 cm³/mol. The van der Waals surface area contributed by atoms with Crippen LogP contribution in [0, 0.1) is 5.92 Å². The Morgan fingerprint density at radius 1 is 1.33 bits per heavy atom. The molecule has 0 aromatic heterocycles. The summed E-state index contributed by atoms with van der Waals surface area (Å²) in [6.07, 6.45) is 1.23. The molecule has 0 bridgehead atoms. The van der Waals surface area contributed by atoms with Crippen molar-refractivity contribution in [2.75, 3.05) is 0 Å². The molecule has 98 valence electrons. The van der Waals surface area contributed by atoms with E-state index in [2.05, 4.69) is 5.32 Å². The van der Waals surface area contributed by atoms with Gasteiger partial charge in [0.05, 0.1) is 12.1 Å². The van der Waals surface area contributed by atoms with Gasteiger partial charge in [0.15, 0.2) is 0 Å². The molecule has 0 saturated heterocycles. The molecule has 0 radical (unpaired) electrons. The number of carbonyl (C=O) groups excluding carboxylic acids is 2. The highest BCUT2D eigenvalue weighted by Crippen LogP contribution is 2.03. The molecule has 1 rings (SSSR count). The molecule has 1 aromatic rings. The number of rotatable bonds is 6. The number of nitrogens with one attached hydrogen (secondary N) is 1. The van der Waals surface area contributed by atoms with E-state index in [1.807, 2.05) is 44.2 Å². The van der Waals surface area contributed by atoms with Crippen LogP contribution in [0.25, 0.3) is 0 Å². The normalized spacial score (nSPS) is 14.0. The number of hydrogen-bond donors (Lipinski definition) is 2. The van der Waals surface area contributed by atoms with Gasteiger partial charge in [-0.2, -0.15) is 0 Å². The van der Waals surface area contributed by atoms with E-state index >= 15 is 0 Å². The Balaban J connectivity index is 2.58. The summed E-state index contributed by atoms with van der Waals surface area (Å²) in [4.78, 5) is 22.7. The Morgan fingerprint density at radius 2 is 1.94 bits per heavy atom. The molecule has 0 saturated carbocycles. The highest BCUT2D eigenvalue weighted by molar-refractivity contribution is 5.84. The molecule has 3 N–H and O–H groups in total.